The van der Waals surface area contributed by atoms with E-state index in [9.17, 15) is 22.4 Å². The normalized spacial score (nSPS) is 14.6. The summed E-state index contributed by atoms with van der Waals surface area (Å²) in [6, 6.07) is 17.6. The van der Waals surface area contributed by atoms with Gasteiger partial charge in [-0.3, -0.25) is 14.8 Å². The number of ether oxygens (including phenoxy) is 1. The van der Waals surface area contributed by atoms with Gasteiger partial charge in [0.15, 0.2) is 11.6 Å². The van der Waals surface area contributed by atoms with Gasteiger partial charge in [0.2, 0.25) is 15.9 Å². The maximum absolute atomic E-state index is 15.2. The summed E-state index contributed by atoms with van der Waals surface area (Å²) in [5.74, 6) is -2.32. The SMILES string of the molecule is C[C@@H](OC(=O)Nc1c(F)cnn1-c1ccc(-c2ccc(C3(C(=O)NS(C)(=O)=O)CC3)cc2F)cc1)c1ccccc1Cl. The minimum atomic E-state index is -3.75. The highest BCUT2D eigenvalue weighted by atomic mass is 35.5. The standard InChI is InChI=1S/C29H25ClF2N4O5S/c1-17(21-5-3-4-6-23(21)30)41-28(38)34-26-25(32)16-33-36(26)20-10-7-18(8-11-20)22-12-9-19(15-24(22)31)29(13-14-29)27(37)35-42(2,39)40/h3-12,15-17H,13-14H2,1-2H3,(H,34,38)(H,35,37)/t17-/m1/s1. The number of benzene rings is 3. The molecule has 2 N–H and O–H groups in total. The molecule has 1 atom stereocenters. The largest absolute Gasteiger partial charge is 0.441 e. The molecular weight excluding hydrogens is 590 g/mol. The number of aromatic nitrogens is 2. The minimum absolute atomic E-state index is 0.242. The van der Waals surface area contributed by atoms with Gasteiger partial charge in [0.25, 0.3) is 0 Å². The van der Waals surface area contributed by atoms with E-state index in [0.717, 1.165) is 17.1 Å². The van der Waals surface area contributed by atoms with Crippen LogP contribution < -0.4 is 10.0 Å². The van der Waals surface area contributed by atoms with Crippen molar-refractivity contribution in [2.75, 3.05) is 11.6 Å². The van der Waals surface area contributed by atoms with Crippen LogP contribution in [-0.4, -0.2) is 36.5 Å². The Labute approximate surface area is 245 Å². The second-order valence-electron chi connectivity index (χ2n) is 9.97. The third kappa shape index (κ3) is 6.00. The molecule has 0 aliphatic heterocycles. The highest BCUT2D eigenvalue weighted by Crippen LogP contribution is 2.49. The predicted molar refractivity (Wildman–Crippen MR) is 153 cm³/mol. The molecule has 3 aromatic carbocycles. The van der Waals surface area contributed by atoms with Crippen molar-refractivity contribution in [1.29, 1.82) is 0 Å². The first-order valence-corrected chi connectivity index (χ1v) is 15.0. The van der Waals surface area contributed by atoms with Gasteiger partial charge in [-0.25, -0.2) is 26.7 Å². The van der Waals surface area contributed by atoms with Gasteiger partial charge in [-0.1, -0.05) is 54.1 Å². The Morgan fingerprint density at radius 3 is 2.36 bits per heavy atom. The zero-order valence-corrected chi connectivity index (χ0v) is 24.0. The molecule has 1 aromatic heterocycles. The van der Waals surface area contributed by atoms with Gasteiger partial charge in [-0.2, -0.15) is 5.10 Å². The first-order valence-electron chi connectivity index (χ1n) is 12.8. The number of sulfonamides is 1. The van der Waals surface area contributed by atoms with E-state index in [1.165, 1.54) is 12.1 Å². The van der Waals surface area contributed by atoms with Crippen LogP contribution in [0.15, 0.2) is 72.9 Å². The van der Waals surface area contributed by atoms with Gasteiger partial charge in [0, 0.05) is 16.1 Å². The van der Waals surface area contributed by atoms with E-state index in [4.69, 9.17) is 16.3 Å². The molecule has 0 radical (unpaired) electrons. The highest BCUT2D eigenvalue weighted by molar-refractivity contribution is 7.89. The number of anilines is 1. The molecule has 4 aromatic rings. The number of carbonyl (C=O) groups is 2. The fourth-order valence-corrected chi connectivity index (χ4v) is 5.48. The number of hydrogen-bond acceptors (Lipinski definition) is 6. The maximum Gasteiger partial charge on any atom is 0.413 e. The van der Waals surface area contributed by atoms with E-state index < -0.39 is 45.2 Å². The van der Waals surface area contributed by atoms with Crippen LogP contribution in [0.2, 0.25) is 5.02 Å². The molecule has 9 nitrogen and oxygen atoms in total. The molecule has 0 unspecified atom stereocenters. The summed E-state index contributed by atoms with van der Waals surface area (Å²) in [6.07, 6.45) is 1.02. The van der Waals surface area contributed by atoms with Crippen molar-refractivity contribution >= 4 is 39.4 Å². The first-order chi connectivity index (χ1) is 19.9. The van der Waals surface area contributed by atoms with Gasteiger partial charge in [0.1, 0.15) is 11.9 Å². The lowest BCUT2D eigenvalue weighted by Crippen LogP contribution is -2.38. The monoisotopic (exact) mass is 614 g/mol. The van der Waals surface area contributed by atoms with Crippen molar-refractivity contribution in [2.45, 2.75) is 31.3 Å². The molecular formula is C29H25ClF2N4O5S. The predicted octanol–water partition coefficient (Wildman–Crippen LogP) is 5.89. The second-order valence-corrected chi connectivity index (χ2v) is 12.1. The Morgan fingerprint density at radius 2 is 1.74 bits per heavy atom. The van der Waals surface area contributed by atoms with Crippen LogP contribution in [0.1, 0.15) is 37.0 Å². The second kappa shape index (κ2) is 11.2. The van der Waals surface area contributed by atoms with E-state index in [1.807, 2.05) is 4.72 Å². The van der Waals surface area contributed by atoms with Gasteiger partial charge >= 0.3 is 6.09 Å². The molecule has 1 fully saturated rings. The summed E-state index contributed by atoms with van der Waals surface area (Å²) in [5, 5.41) is 6.79. The third-order valence-corrected chi connectivity index (χ3v) is 7.88. The zero-order valence-electron chi connectivity index (χ0n) is 22.4. The van der Waals surface area contributed by atoms with E-state index in [0.29, 0.717) is 40.2 Å². The lowest BCUT2D eigenvalue weighted by Gasteiger charge is -2.16. The molecule has 1 aliphatic rings. The molecule has 218 valence electrons. The third-order valence-electron chi connectivity index (χ3n) is 6.98. The molecule has 1 aliphatic carbocycles. The molecule has 0 spiro atoms. The van der Waals surface area contributed by atoms with Crippen molar-refractivity contribution in [3.63, 3.8) is 0 Å². The highest BCUT2D eigenvalue weighted by Gasteiger charge is 2.52. The number of hydrogen-bond donors (Lipinski definition) is 2. The lowest BCUT2D eigenvalue weighted by molar-refractivity contribution is -0.121. The van der Waals surface area contributed by atoms with Crippen molar-refractivity contribution < 1.29 is 31.5 Å². The quantitative estimate of drug-likeness (QED) is 0.256. The number of halogens is 3. The van der Waals surface area contributed by atoms with E-state index >= 15 is 4.39 Å². The fourth-order valence-electron chi connectivity index (χ4n) is 4.66. The van der Waals surface area contributed by atoms with E-state index in [2.05, 4.69) is 10.4 Å². The Balaban J connectivity index is 1.32. The maximum atomic E-state index is 15.2. The minimum Gasteiger partial charge on any atom is -0.441 e. The number of amides is 2. The van der Waals surface area contributed by atoms with Crippen molar-refractivity contribution in [2.24, 2.45) is 0 Å². The summed E-state index contributed by atoms with van der Waals surface area (Å²) in [4.78, 5) is 25.1. The topological polar surface area (TPSA) is 119 Å². The van der Waals surface area contributed by atoms with Gasteiger partial charge in [0.05, 0.1) is 23.6 Å². The lowest BCUT2D eigenvalue weighted by atomic mass is 9.92. The summed E-state index contributed by atoms with van der Waals surface area (Å²) in [6.45, 7) is 1.63. The van der Waals surface area contributed by atoms with Crippen LogP contribution in [-0.2, 0) is 25.0 Å². The average molecular weight is 615 g/mol. The van der Waals surface area contributed by atoms with E-state index in [1.54, 1.807) is 61.5 Å². The number of nitrogens with zero attached hydrogens (tertiary/aromatic N) is 2. The Morgan fingerprint density at radius 1 is 1.05 bits per heavy atom. The van der Waals surface area contributed by atoms with Crippen LogP contribution in [0.4, 0.5) is 19.4 Å². The smallest absolute Gasteiger partial charge is 0.413 e. The molecule has 1 saturated carbocycles. The average Bonchev–Trinajstić information content (AvgIpc) is 3.67. The van der Waals surface area contributed by atoms with E-state index in [-0.39, 0.29) is 11.4 Å². The molecule has 0 bridgehead atoms. The van der Waals surface area contributed by atoms with Crippen LogP contribution in [0.25, 0.3) is 16.8 Å². The summed E-state index contributed by atoms with van der Waals surface area (Å²) < 4.78 is 61.3. The summed E-state index contributed by atoms with van der Waals surface area (Å²) in [5.41, 5.74) is 1.01. The van der Waals surface area contributed by atoms with Crippen molar-refractivity contribution in [3.8, 4) is 16.8 Å². The Hall–Kier alpha value is -4.29. The van der Waals surface area contributed by atoms with Gasteiger partial charge < -0.3 is 4.74 Å². The van der Waals surface area contributed by atoms with Gasteiger partial charge in [-0.05, 0) is 55.2 Å². The molecule has 5 rings (SSSR count). The molecule has 0 saturated heterocycles. The van der Waals surface area contributed by atoms with Gasteiger partial charge in [-0.15, -0.1) is 0 Å². The first kappa shape index (κ1) is 29.2. The Bertz CT molecular complexity index is 1790. The fraction of sp³-hybridized carbons (Fsp3) is 0.207. The zero-order chi connectivity index (χ0) is 30.2. The molecule has 1 heterocycles. The van der Waals surface area contributed by atoms with Crippen LogP contribution >= 0.6 is 11.6 Å². The summed E-state index contributed by atoms with van der Waals surface area (Å²) in [7, 11) is -3.75. The van der Waals surface area contributed by atoms with Crippen LogP contribution in [0.3, 0.4) is 0 Å². The number of carbonyl (C=O) groups excluding carboxylic acids is 2. The molecule has 13 heteroatoms. The molecule has 2 amide bonds. The number of nitrogens with one attached hydrogen (secondary N) is 2. The Kier molecular flexibility index (Phi) is 7.78. The van der Waals surface area contributed by atoms with Crippen LogP contribution in [0.5, 0.6) is 0 Å². The summed E-state index contributed by atoms with van der Waals surface area (Å²) >= 11 is 6.16. The van der Waals surface area contributed by atoms with Crippen LogP contribution in [0, 0.1) is 11.6 Å². The van der Waals surface area contributed by atoms with Crippen molar-refractivity contribution in [3.05, 3.63) is 101 Å². The number of rotatable bonds is 8. The molecule has 42 heavy (non-hydrogen) atoms. The van der Waals surface area contributed by atoms with Crippen molar-refractivity contribution in [1.82, 2.24) is 14.5 Å².